The molecule has 1 saturated heterocycles. The number of rotatable bonds is 5. The number of methoxy groups -OCH3 is 1. The maximum absolute atomic E-state index is 13.8. The maximum atomic E-state index is 13.8. The normalized spacial score (nSPS) is 16.3. The molecular weight excluding hydrogens is 371 g/mol. The van der Waals surface area contributed by atoms with Crippen LogP contribution < -0.4 is 4.74 Å². The lowest BCUT2D eigenvalue weighted by Crippen LogP contribution is -2.45. The second-order valence-electron chi connectivity index (χ2n) is 6.10. The van der Waals surface area contributed by atoms with E-state index in [1.54, 1.807) is 13.2 Å². The Hall–Kier alpha value is -1.43. The first kappa shape index (κ1) is 17.4. The monoisotopic (exact) mass is 392 g/mol. The molecule has 0 spiro atoms. The average Bonchev–Trinajstić information content (AvgIpc) is 2.59. The molecule has 2 aromatic rings. The van der Waals surface area contributed by atoms with Crippen LogP contribution in [0.3, 0.4) is 0 Å². The smallest absolute Gasteiger partial charge is 0.127 e. The van der Waals surface area contributed by atoms with Crippen LogP contribution in [0.1, 0.15) is 11.1 Å². The zero-order valence-corrected chi connectivity index (χ0v) is 15.4. The summed E-state index contributed by atoms with van der Waals surface area (Å²) in [6.45, 7) is 5.40. The van der Waals surface area contributed by atoms with Crippen molar-refractivity contribution in [3.63, 3.8) is 0 Å². The SMILES string of the molecule is COc1ccc(Br)cc1CN1CCN(Cc2ccccc2F)CC1. The van der Waals surface area contributed by atoms with E-state index in [-0.39, 0.29) is 5.82 Å². The predicted octanol–water partition coefficient (Wildman–Crippen LogP) is 3.91. The van der Waals surface area contributed by atoms with Gasteiger partial charge in [0, 0.05) is 54.9 Å². The maximum Gasteiger partial charge on any atom is 0.127 e. The third-order valence-electron chi connectivity index (χ3n) is 4.45. The summed E-state index contributed by atoms with van der Waals surface area (Å²) in [6, 6.07) is 13.1. The Morgan fingerprint density at radius 3 is 2.21 bits per heavy atom. The van der Waals surface area contributed by atoms with E-state index in [1.807, 2.05) is 24.3 Å². The van der Waals surface area contributed by atoms with E-state index >= 15 is 0 Å². The molecule has 1 aliphatic rings. The van der Waals surface area contributed by atoms with E-state index in [0.717, 1.165) is 48.5 Å². The highest BCUT2D eigenvalue weighted by molar-refractivity contribution is 9.10. The molecule has 24 heavy (non-hydrogen) atoms. The molecule has 5 heteroatoms. The summed E-state index contributed by atoms with van der Waals surface area (Å²) in [5.74, 6) is 0.811. The molecule has 0 bridgehead atoms. The lowest BCUT2D eigenvalue weighted by Gasteiger charge is -2.35. The van der Waals surface area contributed by atoms with Gasteiger partial charge in [0.05, 0.1) is 7.11 Å². The van der Waals surface area contributed by atoms with Crippen LogP contribution in [0.4, 0.5) is 4.39 Å². The summed E-state index contributed by atoms with van der Waals surface area (Å²) in [4.78, 5) is 4.73. The van der Waals surface area contributed by atoms with Crippen molar-refractivity contribution in [2.45, 2.75) is 13.1 Å². The fourth-order valence-electron chi connectivity index (χ4n) is 3.08. The Morgan fingerprint density at radius 1 is 0.958 bits per heavy atom. The number of piperazine rings is 1. The van der Waals surface area contributed by atoms with Crippen molar-refractivity contribution < 1.29 is 9.13 Å². The van der Waals surface area contributed by atoms with Crippen molar-refractivity contribution in [1.29, 1.82) is 0 Å². The molecule has 1 heterocycles. The van der Waals surface area contributed by atoms with Crippen molar-refractivity contribution in [2.75, 3.05) is 33.3 Å². The zero-order valence-electron chi connectivity index (χ0n) is 13.8. The van der Waals surface area contributed by atoms with Crippen molar-refractivity contribution in [3.05, 3.63) is 63.9 Å². The van der Waals surface area contributed by atoms with E-state index in [9.17, 15) is 4.39 Å². The second-order valence-corrected chi connectivity index (χ2v) is 7.02. The van der Waals surface area contributed by atoms with Gasteiger partial charge < -0.3 is 4.74 Å². The van der Waals surface area contributed by atoms with Crippen LogP contribution in [0.25, 0.3) is 0 Å². The van der Waals surface area contributed by atoms with Gasteiger partial charge in [-0.15, -0.1) is 0 Å². The molecule has 128 valence electrons. The second kappa shape index (κ2) is 8.10. The van der Waals surface area contributed by atoms with Gasteiger partial charge in [-0.2, -0.15) is 0 Å². The minimum Gasteiger partial charge on any atom is -0.496 e. The first-order chi connectivity index (χ1) is 11.7. The Balaban J connectivity index is 1.56. The number of benzene rings is 2. The first-order valence-corrected chi connectivity index (χ1v) is 8.95. The number of hydrogen-bond acceptors (Lipinski definition) is 3. The largest absolute Gasteiger partial charge is 0.496 e. The standard InChI is InChI=1S/C19H22BrFN2O/c1-24-19-7-6-17(20)12-16(19)14-23-10-8-22(9-11-23)13-15-4-2-3-5-18(15)21/h2-7,12H,8-11,13-14H2,1H3. The Bertz CT molecular complexity index is 687. The Labute approximate surface area is 151 Å². The van der Waals surface area contributed by atoms with Gasteiger partial charge in [-0.05, 0) is 24.3 Å². The van der Waals surface area contributed by atoms with Crippen molar-refractivity contribution >= 4 is 15.9 Å². The minimum atomic E-state index is -0.112. The topological polar surface area (TPSA) is 15.7 Å². The molecule has 0 unspecified atom stereocenters. The van der Waals surface area contributed by atoms with Crippen molar-refractivity contribution in [3.8, 4) is 5.75 Å². The average molecular weight is 393 g/mol. The molecule has 1 fully saturated rings. The van der Waals surface area contributed by atoms with E-state index < -0.39 is 0 Å². The van der Waals surface area contributed by atoms with Crippen LogP contribution in [0.15, 0.2) is 46.9 Å². The molecule has 0 aromatic heterocycles. The minimum absolute atomic E-state index is 0.112. The summed E-state index contributed by atoms with van der Waals surface area (Å²) >= 11 is 3.53. The fraction of sp³-hybridized carbons (Fsp3) is 0.368. The number of halogens is 2. The highest BCUT2D eigenvalue weighted by Crippen LogP contribution is 2.25. The van der Waals surface area contributed by atoms with E-state index in [0.29, 0.717) is 6.54 Å². The van der Waals surface area contributed by atoms with Crippen LogP contribution in [-0.4, -0.2) is 43.1 Å². The van der Waals surface area contributed by atoms with Crippen LogP contribution in [0, 0.1) is 5.82 Å². The molecule has 1 aliphatic heterocycles. The lowest BCUT2D eigenvalue weighted by atomic mass is 10.1. The molecule has 0 saturated carbocycles. The predicted molar refractivity (Wildman–Crippen MR) is 97.6 cm³/mol. The summed E-state index contributed by atoms with van der Waals surface area (Å²) in [5, 5.41) is 0. The van der Waals surface area contributed by atoms with Crippen LogP contribution in [-0.2, 0) is 13.1 Å². The molecule has 0 radical (unpaired) electrons. The van der Waals surface area contributed by atoms with Gasteiger partial charge in [0.1, 0.15) is 11.6 Å². The van der Waals surface area contributed by atoms with Gasteiger partial charge in [0.15, 0.2) is 0 Å². The van der Waals surface area contributed by atoms with Crippen molar-refractivity contribution in [2.24, 2.45) is 0 Å². The molecule has 0 atom stereocenters. The third kappa shape index (κ3) is 4.35. The highest BCUT2D eigenvalue weighted by atomic mass is 79.9. The van der Waals surface area contributed by atoms with E-state index in [4.69, 9.17) is 4.74 Å². The van der Waals surface area contributed by atoms with Gasteiger partial charge in [-0.3, -0.25) is 9.80 Å². The molecule has 0 amide bonds. The third-order valence-corrected chi connectivity index (χ3v) is 4.95. The molecule has 0 N–H and O–H groups in total. The summed E-state index contributed by atoms with van der Waals surface area (Å²) in [5.41, 5.74) is 1.97. The van der Waals surface area contributed by atoms with E-state index in [1.165, 1.54) is 11.6 Å². The van der Waals surface area contributed by atoms with Gasteiger partial charge in [-0.25, -0.2) is 4.39 Å². The summed E-state index contributed by atoms with van der Waals surface area (Å²) in [6.07, 6.45) is 0. The van der Waals surface area contributed by atoms with Gasteiger partial charge in [0.2, 0.25) is 0 Å². The van der Waals surface area contributed by atoms with E-state index in [2.05, 4.69) is 31.8 Å². The molecular formula is C19H22BrFN2O. The number of hydrogen-bond donors (Lipinski definition) is 0. The molecule has 3 rings (SSSR count). The summed E-state index contributed by atoms with van der Waals surface area (Å²) < 4.78 is 20.3. The van der Waals surface area contributed by atoms with Gasteiger partial charge >= 0.3 is 0 Å². The zero-order chi connectivity index (χ0) is 16.9. The molecule has 0 aliphatic carbocycles. The van der Waals surface area contributed by atoms with Crippen LogP contribution >= 0.6 is 15.9 Å². The van der Waals surface area contributed by atoms with Crippen molar-refractivity contribution in [1.82, 2.24) is 9.80 Å². The molecule has 2 aromatic carbocycles. The quantitative estimate of drug-likeness (QED) is 0.766. The van der Waals surface area contributed by atoms with Crippen LogP contribution in [0.2, 0.25) is 0 Å². The summed E-state index contributed by atoms with van der Waals surface area (Å²) in [7, 11) is 1.71. The van der Waals surface area contributed by atoms with Gasteiger partial charge in [-0.1, -0.05) is 34.1 Å². The number of ether oxygens (including phenoxy) is 1. The van der Waals surface area contributed by atoms with Crippen LogP contribution in [0.5, 0.6) is 5.75 Å². The lowest BCUT2D eigenvalue weighted by molar-refractivity contribution is 0.120. The van der Waals surface area contributed by atoms with Gasteiger partial charge in [0.25, 0.3) is 0 Å². The Kier molecular flexibility index (Phi) is 5.87. The highest BCUT2D eigenvalue weighted by Gasteiger charge is 2.19. The Morgan fingerprint density at radius 2 is 1.58 bits per heavy atom. The fourth-order valence-corrected chi connectivity index (χ4v) is 3.49. The molecule has 3 nitrogen and oxygen atoms in total. The number of nitrogens with zero attached hydrogens (tertiary/aromatic N) is 2. The first-order valence-electron chi connectivity index (χ1n) is 8.16.